The van der Waals surface area contributed by atoms with E-state index in [0.29, 0.717) is 17.0 Å². The minimum absolute atomic E-state index is 0.0309. The zero-order valence-corrected chi connectivity index (χ0v) is 17.9. The highest BCUT2D eigenvalue weighted by Gasteiger charge is 2.12. The smallest absolute Gasteiger partial charge is 0.230 e. The SMILES string of the molecule is CCc1ccccc1NC(=O)Cc1csc(SCC(=O)c2ccc(OC)cc2)n1. The lowest BCUT2D eigenvalue weighted by atomic mass is 10.1. The van der Waals surface area contributed by atoms with Gasteiger partial charge in [0.25, 0.3) is 0 Å². The highest BCUT2D eigenvalue weighted by atomic mass is 32.2. The van der Waals surface area contributed by atoms with E-state index in [4.69, 9.17) is 4.74 Å². The molecule has 0 radical (unpaired) electrons. The molecule has 0 bridgehead atoms. The van der Waals surface area contributed by atoms with Crippen LogP contribution in [0, 0.1) is 0 Å². The predicted molar refractivity (Wildman–Crippen MR) is 118 cm³/mol. The van der Waals surface area contributed by atoms with Crippen LogP contribution in [0.15, 0.2) is 58.3 Å². The van der Waals surface area contributed by atoms with Crippen LogP contribution in [0.2, 0.25) is 0 Å². The number of methoxy groups -OCH3 is 1. The minimum atomic E-state index is -0.0953. The Balaban J connectivity index is 1.52. The number of rotatable bonds is 9. The molecule has 2 aromatic carbocycles. The van der Waals surface area contributed by atoms with Crippen molar-refractivity contribution in [1.29, 1.82) is 0 Å². The molecule has 1 heterocycles. The number of thiazole rings is 1. The summed E-state index contributed by atoms with van der Waals surface area (Å²) < 4.78 is 5.89. The van der Waals surface area contributed by atoms with Crippen molar-refractivity contribution in [3.05, 3.63) is 70.7 Å². The summed E-state index contributed by atoms with van der Waals surface area (Å²) in [4.78, 5) is 29.1. The molecule has 1 N–H and O–H groups in total. The van der Waals surface area contributed by atoms with E-state index in [1.165, 1.54) is 23.1 Å². The van der Waals surface area contributed by atoms with Crippen molar-refractivity contribution in [3.8, 4) is 5.75 Å². The molecule has 0 saturated heterocycles. The van der Waals surface area contributed by atoms with E-state index in [1.54, 1.807) is 31.4 Å². The third-order valence-corrected chi connectivity index (χ3v) is 6.35. The molecule has 5 nitrogen and oxygen atoms in total. The molecule has 0 aliphatic rings. The number of para-hydroxylation sites is 1. The fourth-order valence-corrected chi connectivity index (χ4v) is 4.47. The lowest BCUT2D eigenvalue weighted by Gasteiger charge is -2.08. The van der Waals surface area contributed by atoms with Gasteiger partial charge >= 0.3 is 0 Å². The number of aryl methyl sites for hydroxylation is 1. The molecule has 29 heavy (non-hydrogen) atoms. The van der Waals surface area contributed by atoms with Crippen LogP contribution in [0.3, 0.4) is 0 Å². The molecule has 1 amide bonds. The van der Waals surface area contributed by atoms with Gasteiger partial charge in [-0.1, -0.05) is 36.9 Å². The number of nitrogens with zero attached hydrogens (tertiary/aromatic N) is 1. The van der Waals surface area contributed by atoms with E-state index in [9.17, 15) is 9.59 Å². The Kier molecular flexibility index (Phi) is 7.43. The second-order valence-corrected chi connectivity index (χ2v) is 8.36. The van der Waals surface area contributed by atoms with Gasteiger partial charge in [0, 0.05) is 16.6 Å². The Morgan fingerprint density at radius 1 is 1.14 bits per heavy atom. The van der Waals surface area contributed by atoms with E-state index >= 15 is 0 Å². The normalized spacial score (nSPS) is 10.6. The fourth-order valence-electron chi connectivity index (χ4n) is 2.73. The third-order valence-electron chi connectivity index (χ3n) is 4.28. The van der Waals surface area contributed by atoms with Gasteiger partial charge in [0.2, 0.25) is 5.91 Å². The van der Waals surface area contributed by atoms with Crippen molar-refractivity contribution in [3.63, 3.8) is 0 Å². The lowest BCUT2D eigenvalue weighted by Crippen LogP contribution is -2.15. The Morgan fingerprint density at radius 3 is 2.62 bits per heavy atom. The summed E-state index contributed by atoms with van der Waals surface area (Å²) in [5.74, 6) is 0.957. The highest BCUT2D eigenvalue weighted by Crippen LogP contribution is 2.24. The Hall–Kier alpha value is -2.64. The van der Waals surface area contributed by atoms with Crippen molar-refractivity contribution in [1.82, 2.24) is 4.98 Å². The number of amides is 1. The van der Waals surface area contributed by atoms with Crippen LogP contribution < -0.4 is 10.1 Å². The largest absolute Gasteiger partial charge is 0.497 e. The number of Topliss-reactive ketones (excluding diaryl/α,β-unsaturated/α-hetero) is 1. The maximum absolute atomic E-state index is 12.3. The summed E-state index contributed by atoms with van der Waals surface area (Å²) in [6.45, 7) is 2.06. The summed E-state index contributed by atoms with van der Waals surface area (Å²) in [6, 6.07) is 14.8. The Bertz CT molecular complexity index is 984. The quantitative estimate of drug-likeness (QED) is 0.390. The second kappa shape index (κ2) is 10.2. The topological polar surface area (TPSA) is 68.3 Å². The molecular weight excluding hydrogens is 404 g/mol. The maximum atomic E-state index is 12.3. The van der Waals surface area contributed by atoms with Crippen molar-refractivity contribution in [2.75, 3.05) is 18.2 Å². The average Bonchev–Trinajstić information content (AvgIpc) is 3.19. The minimum Gasteiger partial charge on any atom is -0.497 e. The summed E-state index contributed by atoms with van der Waals surface area (Å²) >= 11 is 2.83. The molecule has 0 fully saturated rings. The average molecular weight is 427 g/mol. The van der Waals surface area contributed by atoms with Gasteiger partial charge in [-0.25, -0.2) is 4.98 Å². The highest BCUT2D eigenvalue weighted by molar-refractivity contribution is 8.01. The van der Waals surface area contributed by atoms with Crippen LogP contribution in [-0.4, -0.2) is 29.5 Å². The van der Waals surface area contributed by atoms with E-state index in [-0.39, 0.29) is 18.1 Å². The number of hydrogen-bond acceptors (Lipinski definition) is 6. The van der Waals surface area contributed by atoms with Crippen LogP contribution in [0.4, 0.5) is 5.69 Å². The first-order valence-corrected chi connectivity index (χ1v) is 11.1. The maximum Gasteiger partial charge on any atom is 0.230 e. The molecule has 7 heteroatoms. The van der Waals surface area contributed by atoms with E-state index in [2.05, 4.69) is 17.2 Å². The molecule has 0 unspecified atom stereocenters. The summed E-state index contributed by atoms with van der Waals surface area (Å²) in [6.07, 6.45) is 1.07. The first-order chi connectivity index (χ1) is 14.1. The van der Waals surface area contributed by atoms with E-state index in [0.717, 1.165) is 27.8 Å². The van der Waals surface area contributed by atoms with Crippen molar-refractivity contribution < 1.29 is 14.3 Å². The Morgan fingerprint density at radius 2 is 1.90 bits per heavy atom. The molecule has 150 valence electrons. The molecule has 0 aliphatic carbocycles. The van der Waals surface area contributed by atoms with Crippen LogP contribution in [0.25, 0.3) is 0 Å². The number of hydrogen-bond donors (Lipinski definition) is 1. The lowest BCUT2D eigenvalue weighted by molar-refractivity contribution is -0.115. The third kappa shape index (κ3) is 5.92. The number of aromatic nitrogens is 1. The number of carbonyl (C=O) groups is 2. The molecule has 3 rings (SSSR count). The number of benzene rings is 2. The van der Waals surface area contributed by atoms with Crippen molar-refractivity contribution in [2.24, 2.45) is 0 Å². The second-order valence-electron chi connectivity index (χ2n) is 6.28. The van der Waals surface area contributed by atoms with Crippen molar-refractivity contribution >= 4 is 40.5 Å². The molecule has 0 spiro atoms. The number of ether oxygens (including phenoxy) is 1. The number of nitrogens with one attached hydrogen (secondary N) is 1. The molecule has 0 atom stereocenters. The van der Waals surface area contributed by atoms with Gasteiger partial charge in [-0.05, 0) is 42.3 Å². The van der Waals surface area contributed by atoms with Crippen LogP contribution in [-0.2, 0) is 17.6 Å². The van der Waals surface area contributed by atoms with Gasteiger partial charge in [-0.15, -0.1) is 11.3 Å². The summed E-state index contributed by atoms with van der Waals surface area (Å²) in [7, 11) is 1.59. The predicted octanol–water partition coefficient (Wildman–Crippen LogP) is 4.87. The number of carbonyl (C=O) groups excluding carboxylic acids is 2. The molecular formula is C22H22N2O3S2. The molecule has 0 saturated carbocycles. The fraction of sp³-hybridized carbons (Fsp3) is 0.227. The zero-order chi connectivity index (χ0) is 20.6. The van der Waals surface area contributed by atoms with Gasteiger partial charge in [0.1, 0.15) is 5.75 Å². The van der Waals surface area contributed by atoms with Gasteiger partial charge in [-0.3, -0.25) is 9.59 Å². The van der Waals surface area contributed by atoms with Gasteiger partial charge in [0.15, 0.2) is 10.1 Å². The summed E-state index contributed by atoms with van der Waals surface area (Å²) in [5, 5.41) is 4.82. The van der Waals surface area contributed by atoms with E-state index < -0.39 is 0 Å². The Labute approximate surface area is 178 Å². The molecule has 0 aliphatic heterocycles. The van der Waals surface area contributed by atoms with Gasteiger partial charge in [0.05, 0.1) is 25.0 Å². The zero-order valence-electron chi connectivity index (χ0n) is 16.3. The van der Waals surface area contributed by atoms with E-state index in [1.807, 2.05) is 29.6 Å². The van der Waals surface area contributed by atoms with Crippen LogP contribution in [0.1, 0.15) is 28.5 Å². The van der Waals surface area contributed by atoms with Gasteiger partial charge in [-0.2, -0.15) is 0 Å². The first kappa shape index (κ1) is 21.1. The number of thioether (sulfide) groups is 1. The molecule has 3 aromatic rings. The number of anilines is 1. The van der Waals surface area contributed by atoms with Crippen LogP contribution >= 0.6 is 23.1 Å². The number of ketones is 1. The van der Waals surface area contributed by atoms with Crippen LogP contribution in [0.5, 0.6) is 5.75 Å². The monoisotopic (exact) mass is 426 g/mol. The standard InChI is InChI=1S/C22H22N2O3S2/c1-3-15-6-4-5-7-19(15)24-21(26)12-17-13-28-22(23-17)29-14-20(25)16-8-10-18(27-2)11-9-16/h4-11,13H,3,12,14H2,1-2H3,(H,24,26). The van der Waals surface area contributed by atoms with Crippen molar-refractivity contribution in [2.45, 2.75) is 24.1 Å². The molecule has 1 aromatic heterocycles. The first-order valence-electron chi connectivity index (χ1n) is 9.21. The van der Waals surface area contributed by atoms with Gasteiger partial charge < -0.3 is 10.1 Å². The summed E-state index contributed by atoms with van der Waals surface area (Å²) in [5.41, 5.74) is 3.30.